The number of carbonyl (C=O) groups excluding carboxylic acids is 1. The number of pyridine rings is 1. The monoisotopic (exact) mass is 247 g/mol. The van der Waals surface area contributed by atoms with E-state index < -0.39 is 0 Å². The molecule has 4 heteroatoms. The first-order valence-corrected chi connectivity index (χ1v) is 5.36. The Hall–Kier alpha value is -1.87. The summed E-state index contributed by atoms with van der Waals surface area (Å²) in [4.78, 5) is 14.9. The van der Waals surface area contributed by atoms with Gasteiger partial charge in [0.15, 0.2) is 6.29 Å². The van der Waals surface area contributed by atoms with E-state index in [1.54, 1.807) is 31.6 Å². The van der Waals surface area contributed by atoms with Gasteiger partial charge in [0.05, 0.1) is 18.3 Å². The van der Waals surface area contributed by atoms with E-state index in [1.165, 1.54) is 0 Å². The highest BCUT2D eigenvalue weighted by atomic mass is 35.5. The van der Waals surface area contributed by atoms with Crippen LogP contribution in [-0.4, -0.2) is 18.4 Å². The highest BCUT2D eigenvalue weighted by Crippen LogP contribution is 2.26. The Labute approximate surface area is 104 Å². The molecule has 1 aromatic heterocycles. The topological polar surface area (TPSA) is 39.2 Å². The molecule has 0 atom stereocenters. The van der Waals surface area contributed by atoms with Crippen molar-refractivity contribution in [2.24, 2.45) is 0 Å². The van der Waals surface area contributed by atoms with Gasteiger partial charge in [-0.25, -0.2) is 0 Å². The maximum Gasteiger partial charge on any atom is 0.151 e. The normalized spacial score (nSPS) is 10.0. The van der Waals surface area contributed by atoms with Crippen molar-refractivity contribution in [1.29, 1.82) is 0 Å². The average Bonchev–Trinajstić information content (AvgIpc) is 2.39. The molecule has 3 nitrogen and oxygen atoms in total. The fourth-order valence-corrected chi connectivity index (χ4v) is 1.66. The van der Waals surface area contributed by atoms with E-state index in [-0.39, 0.29) is 0 Å². The minimum atomic E-state index is 0.444. The quantitative estimate of drug-likeness (QED) is 0.782. The minimum absolute atomic E-state index is 0.444. The zero-order valence-electron chi connectivity index (χ0n) is 9.18. The van der Waals surface area contributed by atoms with Gasteiger partial charge >= 0.3 is 0 Å². The Bertz CT molecular complexity index is 555. The number of rotatable bonds is 3. The van der Waals surface area contributed by atoms with Crippen LogP contribution in [0.2, 0.25) is 5.02 Å². The van der Waals surface area contributed by atoms with Crippen LogP contribution in [0.3, 0.4) is 0 Å². The SMILES string of the molecule is COc1cncc(-c2ccc(Cl)c(C=O)c2)c1. The first-order chi connectivity index (χ1) is 8.24. The summed E-state index contributed by atoms with van der Waals surface area (Å²) in [5.41, 5.74) is 2.22. The second-order valence-electron chi connectivity index (χ2n) is 3.47. The smallest absolute Gasteiger partial charge is 0.151 e. The van der Waals surface area contributed by atoms with Crippen molar-refractivity contribution < 1.29 is 9.53 Å². The number of ether oxygens (including phenoxy) is 1. The fraction of sp³-hybridized carbons (Fsp3) is 0.0769. The van der Waals surface area contributed by atoms with Crippen molar-refractivity contribution in [3.8, 4) is 16.9 Å². The van der Waals surface area contributed by atoms with Crippen molar-refractivity contribution in [3.05, 3.63) is 47.2 Å². The first-order valence-electron chi connectivity index (χ1n) is 4.98. The van der Waals surface area contributed by atoms with E-state index in [9.17, 15) is 4.79 Å². The van der Waals surface area contributed by atoms with E-state index in [0.29, 0.717) is 16.3 Å². The van der Waals surface area contributed by atoms with Crippen LogP contribution in [0.1, 0.15) is 10.4 Å². The number of methoxy groups -OCH3 is 1. The summed E-state index contributed by atoms with van der Waals surface area (Å²) >= 11 is 5.87. The predicted molar refractivity (Wildman–Crippen MR) is 66.6 cm³/mol. The van der Waals surface area contributed by atoms with Gasteiger partial charge in [-0.2, -0.15) is 0 Å². The molecule has 0 spiro atoms. The summed E-state index contributed by atoms with van der Waals surface area (Å²) in [6, 6.07) is 7.11. The molecule has 0 saturated carbocycles. The first kappa shape index (κ1) is 11.6. The van der Waals surface area contributed by atoms with Crippen molar-refractivity contribution in [2.75, 3.05) is 7.11 Å². The molecule has 2 rings (SSSR count). The van der Waals surface area contributed by atoms with E-state index in [1.807, 2.05) is 12.1 Å². The van der Waals surface area contributed by atoms with Crippen molar-refractivity contribution >= 4 is 17.9 Å². The van der Waals surface area contributed by atoms with Crippen LogP contribution < -0.4 is 4.74 Å². The third-order valence-corrected chi connectivity index (χ3v) is 2.75. The Kier molecular flexibility index (Phi) is 3.40. The number of carbonyl (C=O) groups is 1. The zero-order chi connectivity index (χ0) is 12.3. The second kappa shape index (κ2) is 4.97. The van der Waals surface area contributed by atoms with E-state index in [0.717, 1.165) is 17.4 Å². The molecule has 0 aliphatic carbocycles. The van der Waals surface area contributed by atoms with Crippen LogP contribution >= 0.6 is 11.6 Å². The number of hydrogen-bond acceptors (Lipinski definition) is 3. The predicted octanol–water partition coefficient (Wildman–Crippen LogP) is 3.22. The van der Waals surface area contributed by atoms with Gasteiger partial charge in [-0.05, 0) is 23.8 Å². The van der Waals surface area contributed by atoms with Crippen molar-refractivity contribution in [1.82, 2.24) is 4.98 Å². The van der Waals surface area contributed by atoms with Crippen LogP contribution in [0.5, 0.6) is 5.75 Å². The fourth-order valence-electron chi connectivity index (χ4n) is 1.50. The Balaban J connectivity index is 2.48. The number of benzene rings is 1. The van der Waals surface area contributed by atoms with Gasteiger partial charge in [-0.3, -0.25) is 9.78 Å². The zero-order valence-corrected chi connectivity index (χ0v) is 9.94. The summed E-state index contributed by atoms with van der Waals surface area (Å²) in [5.74, 6) is 0.671. The summed E-state index contributed by atoms with van der Waals surface area (Å²) in [6.07, 6.45) is 4.07. The molecular formula is C13H10ClNO2. The number of aldehydes is 1. The molecule has 86 valence electrons. The molecular weight excluding hydrogens is 238 g/mol. The maximum absolute atomic E-state index is 10.8. The van der Waals surface area contributed by atoms with Crippen LogP contribution in [0, 0.1) is 0 Å². The Morgan fingerprint density at radius 3 is 2.76 bits per heavy atom. The molecule has 1 heterocycles. The van der Waals surface area contributed by atoms with Gasteiger partial charge in [-0.1, -0.05) is 17.7 Å². The van der Waals surface area contributed by atoms with Gasteiger partial charge < -0.3 is 4.74 Å². The lowest BCUT2D eigenvalue weighted by Gasteiger charge is -2.05. The van der Waals surface area contributed by atoms with Gasteiger partial charge in [0.25, 0.3) is 0 Å². The molecule has 0 fully saturated rings. The molecule has 17 heavy (non-hydrogen) atoms. The molecule has 0 amide bonds. The molecule has 0 bridgehead atoms. The number of halogens is 1. The van der Waals surface area contributed by atoms with E-state index in [2.05, 4.69) is 4.98 Å². The van der Waals surface area contributed by atoms with Gasteiger partial charge in [0.2, 0.25) is 0 Å². The second-order valence-corrected chi connectivity index (χ2v) is 3.87. The van der Waals surface area contributed by atoms with Crippen LogP contribution in [0.4, 0.5) is 0 Å². The summed E-state index contributed by atoms with van der Waals surface area (Å²) < 4.78 is 5.10. The Morgan fingerprint density at radius 2 is 2.06 bits per heavy atom. The third-order valence-electron chi connectivity index (χ3n) is 2.41. The largest absolute Gasteiger partial charge is 0.495 e. The lowest BCUT2D eigenvalue weighted by atomic mass is 10.1. The molecule has 1 aromatic carbocycles. The standard InChI is InChI=1S/C13H10ClNO2/c1-17-12-5-10(6-15-7-12)9-2-3-13(14)11(4-9)8-16/h2-8H,1H3. The van der Waals surface area contributed by atoms with Gasteiger partial charge in [0.1, 0.15) is 5.75 Å². The number of hydrogen-bond donors (Lipinski definition) is 0. The highest BCUT2D eigenvalue weighted by molar-refractivity contribution is 6.33. The molecule has 0 unspecified atom stereocenters. The lowest BCUT2D eigenvalue weighted by Crippen LogP contribution is -1.88. The Morgan fingerprint density at radius 1 is 1.24 bits per heavy atom. The number of aromatic nitrogens is 1. The van der Waals surface area contributed by atoms with E-state index in [4.69, 9.17) is 16.3 Å². The number of nitrogens with zero attached hydrogens (tertiary/aromatic N) is 1. The van der Waals surface area contributed by atoms with Gasteiger partial charge in [-0.15, -0.1) is 0 Å². The summed E-state index contributed by atoms with van der Waals surface area (Å²) in [7, 11) is 1.58. The summed E-state index contributed by atoms with van der Waals surface area (Å²) in [5, 5.41) is 0.444. The molecule has 0 aliphatic rings. The highest BCUT2D eigenvalue weighted by Gasteiger charge is 2.04. The average molecular weight is 248 g/mol. The van der Waals surface area contributed by atoms with Gasteiger partial charge in [0, 0.05) is 17.3 Å². The molecule has 0 aliphatic heterocycles. The minimum Gasteiger partial charge on any atom is -0.495 e. The van der Waals surface area contributed by atoms with Crippen molar-refractivity contribution in [2.45, 2.75) is 0 Å². The van der Waals surface area contributed by atoms with E-state index >= 15 is 0 Å². The van der Waals surface area contributed by atoms with Crippen LogP contribution in [0.15, 0.2) is 36.7 Å². The molecule has 0 saturated heterocycles. The molecule has 2 aromatic rings. The maximum atomic E-state index is 10.8. The molecule has 0 N–H and O–H groups in total. The molecule has 0 radical (unpaired) electrons. The van der Waals surface area contributed by atoms with Crippen LogP contribution in [-0.2, 0) is 0 Å². The third kappa shape index (κ3) is 2.45. The summed E-state index contributed by atoms with van der Waals surface area (Å²) in [6.45, 7) is 0. The van der Waals surface area contributed by atoms with Crippen LogP contribution in [0.25, 0.3) is 11.1 Å². The lowest BCUT2D eigenvalue weighted by molar-refractivity contribution is 0.112. The van der Waals surface area contributed by atoms with Crippen molar-refractivity contribution in [3.63, 3.8) is 0 Å².